The largest absolute Gasteiger partial charge is 0.480 e. The van der Waals surface area contributed by atoms with Crippen molar-refractivity contribution in [1.82, 2.24) is 9.80 Å². The third kappa shape index (κ3) is 5.90. The van der Waals surface area contributed by atoms with E-state index in [1.54, 1.807) is 20.8 Å². The summed E-state index contributed by atoms with van der Waals surface area (Å²) in [5.41, 5.74) is -1.55. The minimum absolute atomic E-state index is 0.228. The van der Waals surface area contributed by atoms with Gasteiger partial charge in [0.2, 0.25) is 5.91 Å². The van der Waals surface area contributed by atoms with Gasteiger partial charge in [0.05, 0.1) is 0 Å². The van der Waals surface area contributed by atoms with E-state index in [-0.39, 0.29) is 19.0 Å². The zero-order valence-electron chi connectivity index (χ0n) is 17.5. The summed E-state index contributed by atoms with van der Waals surface area (Å²) >= 11 is 0. The van der Waals surface area contributed by atoms with E-state index in [0.29, 0.717) is 19.4 Å². The number of carbonyl (C=O) groups is 3. The Morgan fingerprint density at radius 1 is 1.13 bits per heavy atom. The van der Waals surface area contributed by atoms with Crippen molar-refractivity contribution in [3.63, 3.8) is 0 Å². The number of amides is 2. The fraction of sp³-hybridized carbons (Fsp3) is 0.571. The molecule has 1 saturated carbocycles. The van der Waals surface area contributed by atoms with Gasteiger partial charge in [0, 0.05) is 19.2 Å². The maximum atomic E-state index is 12.8. The van der Waals surface area contributed by atoms with Crippen molar-refractivity contribution >= 4 is 18.0 Å². The molecule has 1 aromatic rings. The first kappa shape index (κ1) is 23.6. The Balaban J connectivity index is 0.000000335. The minimum atomic E-state index is -1.03. The van der Waals surface area contributed by atoms with Gasteiger partial charge in [0.15, 0.2) is 0 Å². The maximum absolute atomic E-state index is 12.8. The number of nitrogens with zero attached hydrogens (tertiary/aromatic N) is 2. The van der Waals surface area contributed by atoms with Gasteiger partial charge in [-0.15, -0.1) is 0 Å². The van der Waals surface area contributed by atoms with Crippen LogP contribution in [0.25, 0.3) is 0 Å². The molecule has 1 spiro atoms. The predicted molar refractivity (Wildman–Crippen MR) is 105 cm³/mol. The number of rotatable bonds is 2. The molecule has 1 aliphatic carbocycles. The third-order valence-electron chi connectivity index (χ3n) is 4.95. The maximum Gasteiger partial charge on any atom is 0.411 e. The standard InChI is InChI=1S/C15H24N2O5.C6H4F2/c1-14(2,3)22-13(21)17-9-8-16(10-11(18)19)12(20)15(17)6-4-5-7-15;7-5-2-1-3-6(8)4-5/h4-10H2,1-3H3,(H,18,19);1-4H. The second-order valence-electron chi connectivity index (χ2n) is 8.43. The van der Waals surface area contributed by atoms with Gasteiger partial charge < -0.3 is 14.7 Å². The molecular formula is C21H28F2N2O5. The molecule has 0 bridgehead atoms. The average Bonchev–Trinajstić information content (AvgIpc) is 3.08. The Hall–Kier alpha value is -2.71. The lowest BCUT2D eigenvalue weighted by Crippen LogP contribution is -2.67. The van der Waals surface area contributed by atoms with Crippen LogP contribution in [0.1, 0.15) is 46.5 Å². The summed E-state index contributed by atoms with van der Waals surface area (Å²) in [5.74, 6) is -2.37. The van der Waals surface area contributed by atoms with E-state index in [9.17, 15) is 23.2 Å². The van der Waals surface area contributed by atoms with E-state index in [1.165, 1.54) is 28.0 Å². The minimum Gasteiger partial charge on any atom is -0.480 e. The molecule has 9 heteroatoms. The Labute approximate surface area is 174 Å². The van der Waals surface area contributed by atoms with Crippen molar-refractivity contribution in [2.45, 2.75) is 57.6 Å². The monoisotopic (exact) mass is 426 g/mol. The smallest absolute Gasteiger partial charge is 0.411 e. The van der Waals surface area contributed by atoms with Crippen molar-refractivity contribution in [2.75, 3.05) is 19.6 Å². The molecule has 166 valence electrons. The molecular weight excluding hydrogens is 398 g/mol. The van der Waals surface area contributed by atoms with Crippen LogP contribution in [0.2, 0.25) is 0 Å². The molecule has 3 rings (SSSR count). The fourth-order valence-corrected chi connectivity index (χ4v) is 3.75. The number of benzene rings is 1. The molecule has 2 amide bonds. The molecule has 1 N–H and O–H groups in total. The van der Waals surface area contributed by atoms with Gasteiger partial charge in [-0.2, -0.15) is 0 Å². The van der Waals surface area contributed by atoms with Crippen LogP contribution in [0.4, 0.5) is 13.6 Å². The number of carboxylic acid groups (broad SMARTS) is 1. The van der Waals surface area contributed by atoms with Crippen molar-refractivity contribution in [2.24, 2.45) is 0 Å². The van der Waals surface area contributed by atoms with Crippen LogP contribution in [0.5, 0.6) is 0 Å². The molecule has 1 heterocycles. The van der Waals surface area contributed by atoms with Gasteiger partial charge in [-0.25, -0.2) is 13.6 Å². The topological polar surface area (TPSA) is 87.2 Å². The summed E-state index contributed by atoms with van der Waals surface area (Å²) in [6, 6.07) is 4.55. The number of hydrogen-bond acceptors (Lipinski definition) is 4. The molecule has 1 aromatic carbocycles. The van der Waals surface area contributed by atoms with E-state index >= 15 is 0 Å². The Morgan fingerprint density at radius 2 is 1.70 bits per heavy atom. The molecule has 2 fully saturated rings. The highest BCUT2D eigenvalue weighted by atomic mass is 19.1. The zero-order chi connectivity index (χ0) is 22.5. The lowest BCUT2D eigenvalue weighted by atomic mass is 9.91. The van der Waals surface area contributed by atoms with Crippen LogP contribution in [0.3, 0.4) is 0 Å². The van der Waals surface area contributed by atoms with E-state index in [1.807, 2.05) is 0 Å². The Bertz CT molecular complexity index is 771. The highest BCUT2D eigenvalue weighted by Gasteiger charge is 2.53. The number of carboxylic acids is 1. The summed E-state index contributed by atoms with van der Waals surface area (Å²) in [6.45, 7) is 5.58. The molecule has 7 nitrogen and oxygen atoms in total. The normalized spacial score (nSPS) is 18.1. The molecule has 2 aliphatic rings. The van der Waals surface area contributed by atoms with Crippen LogP contribution < -0.4 is 0 Å². The summed E-state index contributed by atoms with van der Waals surface area (Å²) in [4.78, 5) is 39.0. The summed E-state index contributed by atoms with van der Waals surface area (Å²) in [5, 5.41) is 8.94. The number of halogens is 2. The number of piperazine rings is 1. The lowest BCUT2D eigenvalue weighted by molar-refractivity contribution is -0.156. The van der Waals surface area contributed by atoms with E-state index in [2.05, 4.69) is 0 Å². The Kier molecular flexibility index (Phi) is 7.39. The van der Waals surface area contributed by atoms with Crippen LogP contribution in [0, 0.1) is 11.6 Å². The van der Waals surface area contributed by atoms with Gasteiger partial charge in [-0.1, -0.05) is 18.9 Å². The summed E-state index contributed by atoms with van der Waals surface area (Å²) < 4.78 is 29.3. The highest BCUT2D eigenvalue weighted by molar-refractivity contribution is 5.93. The highest BCUT2D eigenvalue weighted by Crippen LogP contribution is 2.39. The molecule has 1 saturated heterocycles. The number of ether oxygens (including phenoxy) is 1. The second kappa shape index (κ2) is 9.40. The van der Waals surface area contributed by atoms with Crippen molar-refractivity contribution in [1.29, 1.82) is 0 Å². The molecule has 0 aromatic heterocycles. The molecule has 30 heavy (non-hydrogen) atoms. The van der Waals surface area contributed by atoms with Gasteiger partial charge in [0.25, 0.3) is 0 Å². The zero-order valence-corrected chi connectivity index (χ0v) is 17.5. The summed E-state index contributed by atoms with van der Waals surface area (Å²) in [6.07, 6.45) is 2.36. The quantitative estimate of drug-likeness (QED) is 0.783. The van der Waals surface area contributed by atoms with E-state index in [4.69, 9.17) is 9.84 Å². The number of carbonyl (C=O) groups excluding carboxylic acids is 2. The molecule has 1 aliphatic heterocycles. The fourth-order valence-electron chi connectivity index (χ4n) is 3.75. The molecule has 0 unspecified atom stereocenters. The van der Waals surface area contributed by atoms with Gasteiger partial charge in [-0.3, -0.25) is 14.5 Å². The van der Waals surface area contributed by atoms with Crippen LogP contribution >= 0.6 is 0 Å². The average molecular weight is 426 g/mol. The first-order chi connectivity index (χ1) is 13.9. The number of hydrogen-bond donors (Lipinski definition) is 1. The van der Waals surface area contributed by atoms with Gasteiger partial charge >= 0.3 is 12.1 Å². The van der Waals surface area contributed by atoms with Crippen LogP contribution in [0.15, 0.2) is 24.3 Å². The van der Waals surface area contributed by atoms with Gasteiger partial charge in [-0.05, 0) is 45.7 Å². The summed E-state index contributed by atoms with van der Waals surface area (Å²) in [7, 11) is 0. The van der Waals surface area contributed by atoms with Crippen molar-refractivity contribution < 1.29 is 33.0 Å². The van der Waals surface area contributed by atoms with Crippen molar-refractivity contribution in [3.8, 4) is 0 Å². The predicted octanol–water partition coefficient (Wildman–Crippen LogP) is 3.43. The first-order valence-corrected chi connectivity index (χ1v) is 9.87. The van der Waals surface area contributed by atoms with E-state index < -0.39 is 34.8 Å². The first-order valence-electron chi connectivity index (χ1n) is 9.87. The Morgan fingerprint density at radius 3 is 2.13 bits per heavy atom. The van der Waals surface area contributed by atoms with Crippen LogP contribution in [-0.2, 0) is 14.3 Å². The molecule has 0 atom stereocenters. The number of aliphatic carboxylic acids is 1. The lowest BCUT2D eigenvalue weighted by Gasteiger charge is -2.47. The second-order valence-corrected chi connectivity index (χ2v) is 8.43. The van der Waals surface area contributed by atoms with Crippen molar-refractivity contribution in [3.05, 3.63) is 35.9 Å². The van der Waals surface area contributed by atoms with Gasteiger partial charge in [0.1, 0.15) is 29.3 Å². The SMILES string of the molecule is CC(C)(C)OC(=O)N1CCN(CC(=O)O)C(=O)C12CCCC2.Fc1cccc(F)c1. The third-order valence-corrected chi connectivity index (χ3v) is 4.95. The van der Waals surface area contributed by atoms with Crippen LogP contribution in [-0.4, -0.2) is 63.7 Å². The molecule has 0 radical (unpaired) electrons. The van der Waals surface area contributed by atoms with E-state index in [0.717, 1.165) is 18.9 Å².